The Balaban J connectivity index is 1.89. The van der Waals surface area contributed by atoms with Gasteiger partial charge in [0.1, 0.15) is 0 Å². The second-order valence-corrected chi connectivity index (χ2v) is 7.75. The van der Waals surface area contributed by atoms with Crippen molar-refractivity contribution in [1.29, 1.82) is 0 Å². The topological polar surface area (TPSA) is 85.2 Å². The summed E-state index contributed by atoms with van der Waals surface area (Å²) in [5.74, 6) is 0.832. The molecule has 0 aromatic carbocycles. The number of allylic oxidation sites excluding steroid dienone is 2. The standard InChI is InChI=1S/C16H22ClN5O3S/c1-11(17)3-4-22-12-13(20(2)15(24)19-14(12)23)18-16(22)26-10-7-21-5-8-25-9-6-21/h3H,4-10H2,1-2H3,(H,19,23,24)/b11-3+. The third-order valence-corrected chi connectivity index (χ3v) is 5.38. The van der Waals surface area contributed by atoms with Gasteiger partial charge in [-0.15, -0.1) is 0 Å². The summed E-state index contributed by atoms with van der Waals surface area (Å²) in [7, 11) is 1.60. The molecular weight excluding hydrogens is 378 g/mol. The van der Waals surface area contributed by atoms with Crippen LogP contribution in [0.15, 0.2) is 25.9 Å². The molecule has 142 valence electrons. The van der Waals surface area contributed by atoms with E-state index in [-0.39, 0.29) is 0 Å². The zero-order valence-electron chi connectivity index (χ0n) is 14.8. The third-order valence-electron chi connectivity index (χ3n) is 4.27. The number of fused-ring (bicyclic) bond motifs is 1. The molecule has 1 N–H and O–H groups in total. The maximum Gasteiger partial charge on any atom is 0.329 e. The predicted molar refractivity (Wildman–Crippen MR) is 103 cm³/mol. The van der Waals surface area contributed by atoms with Gasteiger partial charge < -0.3 is 9.30 Å². The van der Waals surface area contributed by atoms with Crippen LogP contribution in [0.3, 0.4) is 0 Å². The number of aromatic amines is 1. The quantitative estimate of drug-likeness (QED) is 0.729. The number of thioether (sulfide) groups is 1. The van der Waals surface area contributed by atoms with Crippen LogP contribution in [0.4, 0.5) is 0 Å². The molecule has 0 bridgehead atoms. The number of ether oxygens (including phenoxy) is 1. The molecule has 0 atom stereocenters. The summed E-state index contributed by atoms with van der Waals surface area (Å²) >= 11 is 7.53. The van der Waals surface area contributed by atoms with Crippen molar-refractivity contribution in [2.75, 3.05) is 38.6 Å². The molecule has 2 aromatic heterocycles. The van der Waals surface area contributed by atoms with E-state index < -0.39 is 11.2 Å². The molecule has 1 fully saturated rings. The van der Waals surface area contributed by atoms with Crippen molar-refractivity contribution in [3.63, 3.8) is 0 Å². The lowest BCUT2D eigenvalue weighted by Crippen LogP contribution is -2.37. The molecule has 2 aromatic rings. The SMILES string of the molecule is C/C(Cl)=C\Cn1c(SCCN2CCOCC2)nc2c1c(=O)[nH]c(=O)n2C. The van der Waals surface area contributed by atoms with Gasteiger partial charge in [-0.25, -0.2) is 9.78 Å². The van der Waals surface area contributed by atoms with Crippen LogP contribution < -0.4 is 11.2 Å². The van der Waals surface area contributed by atoms with Crippen molar-refractivity contribution < 1.29 is 4.74 Å². The number of aromatic nitrogens is 4. The fraction of sp³-hybridized carbons (Fsp3) is 0.562. The molecule has 0 unspecified atom stereocenters. The monoisotopic (exact) mass is 399 g/mol. The van der Waals surface area contributed by atoms with E-state index in [0.717, 1.165) is 38.6 Å². The lowest BCUT2D eigenvalue weighted by molar-refractivity contribution is 0.0410. The highest BCUT2D eigenvalue weighted by atomic mass is 35.5. The van der Waals surface area contributed by atoms with Crippen LogP contribution in [0.5, 0.6) is 0 Å². The Labute approximate surface area is 159 Å². The highest BCUT2D eigenvalue weighted by Gasteiger charge is 2.18. The normalized spacial score (nSPS) is 16.5. The predicted octanol–water partition coefficient (Wildman–Crippen LogP) is 0.990. The number of morpholine rings is 1. The molecular formula is C16H22ClN5O3S. The zero-order chi connectivity index (χ0) is 18.7. The Morgan fingerprint density at radius 3 is 2.81 bits per heavy atom. The number of nitrogens with one attached hydrogen (secondary N) is 1. The fourth-order valence-corrected chi connectivity index (χ4v) is 3.88. The fourth-order valence-electron chi connectivity index (χ4n) is 2.80. The van der Waals surface area contributed by atoms with Gasteiger partial charge in [0.05, 0.1) is 13.2 Å². The smallest absolute Gasteiger partial charge is 0.329 e. The summed E-state index contributed by atoms with van der Waals surface area (Å²) in [6, 6.07) is 0. The zero-order valence-corrected chi connectivity index (χ0v) is 16.4. The van der Waals surface area contributed by atoms with Crippen LogP contribution in [0.25, 0.3) is 11.2 Å². The molecule has 3 rings (SSSR count). The first kappa shape index (κ1) is 19.2. The van der Waals surface area contributed by atoms with Crippen LogP contribution in [-0.2, 0) is 18.3 Å². The number of aryl methyl sites for hydroxylation is 1. The van der Waals surface area contributed by atoms with Crippen LogP contribution in [0.2, 0.25) is 0 Å². The van der Waals surface area contributed by atoms with Gasteiger partial charge >= 0.3 is 5.69 Å². The van der Waals surface area contributed by atoms with E-state index in [1.165, 1.54) is 4.57 Å². The van der Waals surface area contributed by atoms with E-state index in [4.69, 9.17) is 16.3 Å². The number of H-pyrrole nitrogens is 1. The molecule has 1 aliphatic rings. The van der Waals surface area contributed by atoms with E-state index >= 15 is 0 Å². The largest absolute Gasteiger partial charge is 0.379 e. The second kappa shape index (κ2) is 8.43. The number of nitrogens with zero attached hydrogens (tertiary/aromatic N) is 4. The van der Waals surface area contributed by atoms with Gasteiger partial charge in [-0.1, -0.05) is 29.4 Å². The molecule has 26 heavy (non-hydrogen) atoms. The van der Waals surface area contributed by atoms with Crippen LogP contribution >= 0.6 is 23.4 Å². The minimum Gasteiger partial charge on any atom is -0.379 e. The van der Waals surface area contributed by atoms with Crippen molar-refractivity contribution in [2.45, 2.75) is 18.6 Å². The summed E-state index contributed by atoms with van der Waals surface area (Å²) in [5, 5.41) is 1.34. The Hall–Kier alpha value is -1.55. The molecule has 0 spiro atoms. The third kappa shape index (κ3) is 4.22. The van der Waals surface area contributed by atoms with Crippen molar-refractivity contribution >= 4 is 34.5 Å². The number of halogens is 1. The maximum absolute atomic E-state index is 12.3. The number of imidazole rings is 1. The van der Waals surface area contributed by atoms with E-state index in [1.807, 2.05) is 10.6 Å². The van der Waals surface area contributed by atoms with Gasteiger partial charge in [0.2, 0.25) is 0 Å². The lowest BCUT2D eigenvalue weighted by Gasteiger charge is -2.26. The van der Waals surface area contributed by atoms with E-state index in [9.17, 15) is 9.59 Å². The molecule has 10 heteroatoms. The van der Waals surface area contributed by atoms with Gasteiger partial charge in [0.25, 0.3) is 5.56 Å². The number of hydrogen-bond acceptors (Lipinski definition) is 6. The average molecular weight is 400 g/mol. The van der Waals surface area contributed by atoms with Gasteiger partial charge in [0, 0.05) is 44.0 Å². The summed E-state index contributed by atoms with van der Waals surface area (Å²) in [6.45, 7) is 6.51. The van der Waals surface area contributed by atoms with Crippen molar-refractivity contribution in [3.05, 3.63) is 31.9 Å². The van der Waals surface area contributed by atoms with Crippen molar-refractivity contribution in [1.82, 2.24) is 24.0 Å². The molecule has 0 saturated carbocycles. The minimum absolute atomic E-state index is 0.383. The first-order valence-corrected chi connectivity index (χ1v) is 9.78. The minimum atomic E-state index is -0.471. The number of rotatable bonds is 6. The van der Waals surface area contributed by atoms with Gasteiger partial charge in [-0.2, -0.15) is 0 Å². The molecule has 8 nitrogen and oxygen atoms in total. The maximum atomic E-state index is 12.3. The highest BCUT2D eigenvalue weighted by molar-refractivity contribution is 7.99. The molecule has 0 radical (unpaired) electrons. The van der Waals surface area contributed by atoms with Gasteiger partial charge in [0.15, 0.2) is 16.3 Å². The number of hydrogen-bond donors (Lipinski definition) is 1. The first-order valence-electron chi connectivity index (χ1n) is 8.42. The molecule has 3 heterocycles. The van der Waals surface area contributed by atoms with Crippen LogP contribution in [0, 0.1) is 0 Å². The summed E-state index contributed by atoms with van der Waals surface area (Å²) in [4.78, 5) is 33.4. The van der Waals surface area contributed by atoms with E-state index in [1.54, 1.807) is 25.7 Å². The van der Waals surface area contributed by atoms with Gasteiger partial charge in [-0.05, 0) is 6.92 Å². The Kier molecular flexibility index (Phi) is 6.23. The first-order chi connectivity index (χ1) is 12.5. The van der Waals surface area contributed by atoms with Crippen LogP contribution in [-0.4, -0.2) is 62.6 Å². The molecule has 0 aliphatic carbocycles. The summed E-state index contributed by atoms with van der Waals surface area (Å²) in [6.07, 6.45) is 1.82. The average Bonchev–Trinajstić information content (AvgIpc) is 2.98. The van der Waals surface area contributed by atoms with Gasteiger partial charge in [-0.3, -0.25) is 19.2 Å². The lowest BCUT2D eigenvalue weighted by atomic mass is 10.4. The Morgan fingerprint density at radius 2 is 2.12 bits per heavy atom. The second-order valence-electron chi connectivity index (χ2n) is 6.09. The molecule has 0 amide bonds. The summed E-state index contributed by atoms with van der Waals surface area (Å²) in [5.41, 5.74) is -0.138. The van der Waals surface area contributed by atoms with Crippen molar-refractivity contribution in [3.8, 4) is 0 Å². The van der Waals surface area contributed by atoms with E-state index in [2.05, 4.69) is 14.9 Å². The van der Waals surface area contributed by atoms with Crippen molar-refractivity contribution in [2.24, 2.45) is 7.05 Å². The summed E-state index contributed by atoms with van der Waals surface area (Å²) < 4.78 is 8.53. The Morgan fingerprint density at radius 1 is 1.38 bits per heavy atom. The van der Waals surface area contributed by atoms with Crippen LogP contribution in [0.1, 0.15) is 6.92 Å². The molecule has 1 aliphatic heterocycles. The van der Waals surface area contributed by atoms with E-state index in [0.29, 0.717) is 27.9 Å². The molecule has 1 saturated heterocycles. The highest BCUT2D eigenvalue weighted by Crippen LogP contribution is 2.22. The Bertz CT molecular complexity index is 922.